The highest BCUT2D eigenvalue weighted by Gasteiger charge is 2.41. The largest absolute Gasteiger partial charge is 0.481 e. The maximum atomic E-state index is 12.2. The van der Waals surface area contributed by atoms with Gasteiger partial charge in [0.15, 0.2) is 0 Å². The first kappa shape index (κ1) is 16.0. The summed E-state index contributed by atoms with van der Waals surface area (Å²) in [6, 6.07) is 7.14. The standard InChI is InChI=1S/C16H20BrNO3/c1-11-6-8-16(9-7-11,15(20)21)10-18-14(19)12-4-2-3-5-13(12)17/h2-5,11H,6-10H2,1H3,(H,18,19)(H,20,21). The molecule has 0 spiro atoms. The van der Waals surface area contributed by atoms with Crippen molar-refractivity contribution in [1.82, 2.24) is 5.32 Å². The van der Waals surface area contributed by atoms with Gasteiger partial charge in [0.25, 0.3) is 5.91 Å². The zero-order valence-corrected chi connectivity index (χ0v) is 13.6. The Labute approximate surface area is 133 Å². The zero-order valence-electron chi connectivity index (χ0n) is 12.1. The third-order valence-corrected chi connectivity index (χ3v) is 5.08. The lowest BCUT2D eigenvalue weighted by molar-refractivity contribution is -0.151. The van der Waals surface area contributed by atoms with Crippen molar-refractivity contribution in [3.05, 3.63) is 34.3 Å². The molecule has 1 fully saturated rings. The van der Waals surface area contributed by atoms with E-state index in [9.17, 15) is 14.7 Å². The van der Waals surface area contributed by atoms with Gasteiger partial charge in [0, 0.05) is 11.0 Å². The van der Waals surface area contributed by atoms with E-state index in [1.54, 1.807) is 18.2 Å². The van der Waals surface area contributed by atoms with Gasteiger partial charge in [0.05, 0.1) is 11.0 Å². The van der Waals surface area contributed by atoms with Crippen molar-refractivity contribution in [3.8, 4) is 0 Å². The van der Waals surface area contributed by atoms with Gasteiger partial charge in [-0.1, -0.05) is 19.1 Å². The molecular weight excluding hydrogens is 334 g/mol. The van der Waals surface area contributed by atoms with Crippen molar-refractivity contribution in [2.45, 2.75) is 32.6 Å². The van der Waals surface area contributed by atoms with E-state index >= 15 is 0 Å². The van der Waals surface area contributed by atoms with Crippen LogP contribution in [0.3, 0.4) is 0 Å². The third-order valence-electron chi connectivity index (χ3n) is 4.39. The van der Waals surface area contributed by atoms with Gasteiger partial charge >= 0.3 is 5.97 Å². The van der Waals surface area contributed by atoms with Crippen LogP contribution in [0, 0.1) is 11.3 Å². The lowest BCUT2D eigenvalue weighted by atomic mass is 9.71. The summed E-state index contributed by atoms with van der Waals surface area (Å²) in [5.41, 5.74) is -0.286. The number of carbonyl (C=O) groups excluding carboxylic acids is 1. The Morgan fingerprint density at radius 3 is 2.52 bits per heavy atom. The summed E-state index contributed by atoms with van der Waals surface area (Å²) in [7, 11) is 0. The van der Waals surface area contributed by atoms with E-state index in [0.717, 1.165) is 12.8 Å². The van der Waals surface area contributed by atoms with Gasteiger partial charge in [0.2, 0.25) is 0 Å². The van der Waals surface area contributed by atoms with E-state index in [1.807, 2.05) is 6.07 Å². The molecule has 0 heterocycles. The second-order valence-electron chi connectivity index (χ2n) is 5.93. The van der Waals surface area contributed by atoms with Gasteiger partial charge in [-0.3, -0.25) is 9.59 Å². The first-order valence-electron chi connectivity index (χ1n) is 7.21. The van der Waals surface area contributed by atoms with Crippen molar-refractivity contribution >= 4 is 27.8 Å². The molecule has 0 saturated heterocycles. The smallest absolute Gasteiger partial charge is 0.311 e. The Hall–Kier alpha value is -1.36. The summed E-state index contributed by atoms with van der Waals surface area (Å²) in [5.74, 6) is -0.472. The molecule has 4 nitrogen and oxygen atoms in total. The van der Waals surface area contributed by atoms with Gasteiger partial charge in [-0.25, -0.2) is 0 Å². The topological polar surface area (TPSA) is 66.4 Å². The minimum absolute atomic E-state index is 0.190. The Morgan fingerprint density at radius 2 is 1.95 bits per heavy atom. The lowest BCUT2D eigenvalue weighted by Crippen LogP contribution is -2.45. The summed E-state index contributed by atoms with van der Waals surface area (Å²) < 4.78 is 0.712. The van der Waals surface area contributed by atoms with Crippen LogP contribution in [-0.4, -0.2) is 23.5 Å². The van der Waals surface area contributed by atoms with Crippen molar-refractivity contribution in [3.63, 3.8) is 0 Å². The maximum Gasteiger partial charge on any atom is 0.311 e. The Morgan fingerprint density at radius 1 is 1.33 bits per heavy atom. The third kappa shape index (κ3) is 3.64. The average molecular weight is 354 g/mol. The maximum absolute atomic E-state index is 12.2. The van der Waals surface area contributed by atoms with E-state index in [0.29, 0.717) is 28.8 Å². The molecule has 0 bridgehead atoms. The van der Waals surface area contributed by atoms with Crippen molar-refractivity contribution < 1.29 is 14.7 Å². The number of rotatable bonds is 4. The second-order valence-corrected chi connectivity index (χ2v) is 6.78. The number of benzene rings is 1. The number of amides is 1. The summed E-state index contributed by atoms with van der Waals surface area (Å²) in [5, 5.41) is 12.3. The van der Waals surface area contributed by atoms with E-state index < -0.39 is 11.4 Å². The summed E-state index contributed by atoms with van der Waals surface area (Å²) in [4.78, 5) is 23.8. The monoisotopic (exact) mass is 353 g/mol. The Bertz CT molecular complexity index is 536. The number of nitrogens with one attached hydrogen (secondary N) is 1. The van der Waals surface area contributed by atoms with Crippen molar-refractivity contribution in [2.75, 3.05) is 6.54 Å². The Balaban J connectivity index is 2.04. The molecule has 1 aromatic rings. The molecule has 0 radical (unpaired) electrons. The fourth-order valence-corrected chi connectivity index (χ4v) is 3.24. The Kier molecular flexibility index (Phi) is 5.04. The number of hydrogen-bond acceptors (Lipinski definition) is 2. The predicted octanol–water partition coefficient (Wildman–Crippen LogP) is 3.46. The number of carboxylic acids is 1. The first-order chi connectivity index (χ1) is 9.94. The second kappa shape index (κ2) is 6.60. The minimum Gasteiger partial charge on any atom is -0.481 e. The molecule has 0 atom stereocenters. The number of carbonyl (C=O) groups is 2. The molecule has 1 saturated carbocycles. The molecule has 2 N–H and O–H groups in total. The van der Waals surface area contributed by atoms with Crippen LogP contribution in [0.5, 0.6) is 0 Å². The molecule has 0 aliphatic heterocycles. The molecule has 5 heteroatoms. The van der Waals surface area contributed by atoms with Crippen LogP contribution in [-0.2, 0) is 4.79 Å². The van der Waals surface area contributed by atoms with Crippen LogP contribution in [0.2, 0.25) is 0 Å². The van der Waals surface area contributed by atoms with E-state index in [1.165, 1.54) is 0 Å². The van der Waals surface area contributed by atoms with Gasteiger partial charge in [-0.15, -0.1) is 0 Å². The van der Waals surface area contributed by atoms with E-state index in [-0.39, 0.29) is 12.5 Å². The van der Waals surface area contributed by atoms with E-state index in [2.05, 4.69) is 28.2 Å². The molecule has 1 aromatic carbocycles. The molecule has 0 aromatic heterocycles. The lowest BCUT2D eigenvalue weighted by Gasteiger charge is -2.35. The highest BCUT2D eigenvalue weighted by molar-refractivity contribution is 9.10. The van der Waals surface area contributed by atoms with Crippen LogP contribution >= 0.6 is 15.9 Å². The number of carboxylic acid groups (broad SMARTS) is 1. The first-order valence-corrected chi connectivity index (χ1v) is 8.00. The van der Waals surface area contributed by atoms with Crippen LogP contribution in [0.25, 0.3) is 0 Å². The highest BCUT2D eigenvalue weighted by Crippen LogP contribution is 2.38. The quantitative estimate of drug-likeness (QED) is 0.870. The zero-order chi connectivity index (χ0) is 15.5. The molecule has 21 heavy (non-hydrogen) atoms. The van der Waals surface area contributed by atoms with Crippen LogP contribution in [0.1, 0.15) is 43.0 Å². The molecule has 1 aliphatic rings. The van der Waals surface area contributed by atoms with Crippen LogP contribution in [0.4, 0.5) is 0 Å². The summed E-state index contributed by atoms with van der Waals surface area (Å²) >= 11 is 3.34. The van der Waals surface area contributed by atoms with Crippen molar-refractivity contribution in [1.29, 1.82) is 0 Å². The normalized spacial score (nSPS) is 25.3. The molecular formula is C16H20BrNO3. The molecule has 0 unspecified atom stereocenters. The number of halogens is 1. The number of aliphatic carboxylic acids is 1. The average Bonchev–Trinajstić information content (AvgIpc) is 2.47. The molecule has 1 amide bonds. The van der Waals surface area contributed by atoms with Gasteiger partial charge in [-0.05, 0) is 59.7 Å². The van der Waals surface area contributed by atoms with E-state index in [4.69, 9.17) is 0 Å². The molecule has 114 valence electrons. The number of hydrogen-bond donors (Lipinski definition) is 2. The highest BCUT2D eigenvalue weighted by atomic mass is 79.9. The minimum atomic E-state index is -0.816. The van der Waals surface area contributed by atoms with Crippen molar-refractivity contribution in [2.24, 2.45) is 11.3 Å². The predicted molar refractivity (Wildman–Crippen MR) is 84.2 cm³/mol. The van der Waals surface area contributed by atoms with Gasteiger partial charge < -0.3 is 10.4 Å². The fourth-order valence-electron chi connectivity index (χ4n) is 2.77. The molecule has 2 rings (SSSR count). The van der Waals surface area contributed by atoms with Crippen LogP contribution in [0.15, 0.2) is 28.7 Å². The van der Waals surface area contributed by atoms with Gasteiger partial charge in [-0.2, -0.15) is 0 Å². The summed E-state index contributed by atoms with van der Waals surface area (Å²) in [6.45, 7) is 2.33. The SMILES string of the molecule is CC1CCC(CNC(=O)c2ccccc2Br)(C(=O)O)CC1. The summed E-state index contributed by atoms with van der Waals surface area (Å²) in [6.07, 6.45) is 3.05. The molecule has 1 aliphatic carbocycles. The van der Waals surface area contributed by atoms with Crippen LogP contribution < -0.4 is 5.32 Å². The fraction of sp³-hybridized carbons (Fsp3) is 0.500. The van der Waals surface area contributed by atoms with Gasteiger partial charge in [0.1, 0.15) is 0 Å².